The molecule has 0 radical (unpaired) electrons. The van der Waals surface area contributed by atoms with Crippen molar-refractivity contribution in [2.75, 3.05) is 18.5 Å². The van der Waals surface area contributed by atoms with Gasteiger partial charge in [0.1, 0.15) is 0 Å². The first-order valence-electron chi connectivity index (χ1n) is 8.16. The van der Waals surface area contributed by atoms with Crippen LogP contribution in [0, 0.1) is 16.0 Å². The van der Waals surface area contributed by atoms with Gasteiger partial charge in [0.25, 0.3) is 5.69 Å². The highest BCUT2D eigenvalue weighted by Crippen LogP contribution is 2.31. The standard InChI is InChI=1S/C17H19N3O4S/c21-16(19-17-18-7-10-25-17)15(11-12-5-8-24-9-6-12)13-1-3-14(4-2-13)20(22)23/h1-4,7,10,12,15H,5-6,8-9,11H2,(H,18,19,21). The maximum Gasteiger partial charge on any atom is 0.269 e. The van der Waals surface area contributed by atoms with E-state index in [1.165, 1.54) is 23.5 Å². The lowest BCUT2D eigenvalue weighted by atomic mass is 9.84. The van der Waals surface area contributed by atoms with Crippen molar-refractivity contribution in [3.05, 3.63) is 51.5 Å². The molecule has 2 aromatic rings. The van der Waals surface area contributed by atoms with E-state index in [1.807, 2.05) is 0 Å². The number of carbonyl (C=O) groups is 1. The van der Waals surface area contributed by atoms with Crippen molar-refractivity contribution in [1.82, 2.24) is 4.98 Å². The molecule has 0 spiro atoms. The fourth-order valence-corrected chi connectivity index (χ4v) is 3.55. The zero-order valence-corrected chi connectivity index (χ0v) is 14.4. The number of hydrogen-bond acceptors (Lipinski definition) is 6. The molecule has 1 unspecified atom stereocenters. The average Bonchev–Trinajstić information content (AvgIpc) is 3.13. The number of nitro groups is 1. The number of non-ortho nitro benzene ring substituents is 1. The number of aromatic nitrogens is 1. The number of thiazole rings is 1. The molecule has 25 heavy (non-hydrogen) atoms. The summed E-state index contributed by atoms with van der Waals surface area (Å²) in [4.78, 5) is 27.3. The van der Waals surface area contributed by atoms with Crippen LogP contribution in [0.4, 0.5) is 10.8 Å². The number of benzene rings is 1. The third-order valence-corrected chi connectivity index (χ3v) is 5.08. The van der Waals surface area contributed by atoms with Crippen LogP contribution in [0.3, 0.4) is 0 Å². The van der Waals surface area contributed by atoms with Crippen molar-refractivity contribution in [2.24, 2.45) is 5.92 Å². The maximum atomic E-state index is 12.8. The molecule has 2 heterocycles. The molecule has 1 aromatic heterocycles. The Morgan fingerprint density at radius 2 is 2.08 bits per heavy atom. The summed E-state index contributed by atoms with van der Waals surface area (Å²) in [6.07, 6.45) is 4.18. The van der Waals surface area contributed by atoms with Crippen LogP contribution in [0.15, 0.2) is 35.8 Å². The molecule has 1 saturated heterocycles. The number of ether oxygens (including phenoxy) is 1. The summed E-state index contributed by atoms with van der Waals surface area (Å²) in [7, 11) is 0. The zero-order chi connectivity index (χ0) is 17.6. The number of carbonyl (C=O) groups excluding carboxylic acids is 1. The van der Waals surface area contributed by atoms with Crippen molar-refractivity contribution < 1.29 is 14.5 Å². The monoisotopic (exact) mass is 361 g/mol. The van der Waals surface area contributed by atoms with Gasteiger partial charge in [-0.3, -0.25) is 14.9 Å². The SMILES string of the molecule is O=C(Nc1nccs1)C(CC1CCOCC1)c1ccc([N+](=O)[O-])cc1. The molecule has 0 saturated carbocycles. The van der Waals surface area contributed by atoms with E-state index in [4.69, 9.17) is 4.74 Å². The van der Waals surface area contributed by atoms with E-state index in [0.29, 0.717) is 30.7 Å². The van der Waals surface area contributed by atoms with Gasteiger partial charge in [0.2, 0.25) is 5.91 Å². The molecule has 1 N–H and O–H groups in total. The summed E-state index contributed by atoms with van der Waals surface area (Å²) in [6, 6.07) is 6.24. The van der Waals surface area contributed by atoms with E-state index < -0.39 is 4.92 Å². The van der Waals surface area contributed by atoms with Gasteiger partial charge >= 0.3 is 0 Å². The number of nitro benzene ring substituents is 1. The number of amides is 1. The number of rotatable bonds is 6. The Morgan fingerprint density at radius 1 is 1.36 bits per heavy atom. The molecule has 1 aliphatic rings. The first-order chi connectivity index (χ1) is 12.1. The smallest absolute Gasteiger partial charge is 0.269 e. The van der Waals surface area contributed by atoms with Crippen LogP contribution in [0.5, 0.6) is 0 Å². The summed E-state index contributed by atoms with van der Waals surface area (Å²) in [6.45, 7) is 1.43. The fraction of sp³-hybridized carbons (Fsp3) is 0.412. The lowest BCUT2D eigenvalue weighted by molar-refractivity contribution is -0.384. The van der Waals surface area contributed by atoms with Crippen molar-refractivity contribution in [3.8, 4) is 0 Å². The molecule has 1 fully saturated rings. The maximum absolute atomic E-state index is 12.8. The molecule has 1 amide bonds. The summed E-state index contributed by atoms with van der Waals surface area (Å²) in [5.41, 5.74) is 0.806. The second-order valence-electron chi connectivity index (χ2n) is 6.02. The van der Waals surface area contributed by atoms with Gasteiger partial charge in [0, 0.05) is 36.9 Å². The van der Waals surface area contributed by atoms with E-state index in [9.17, 15) is 14.9 Å². The van der Waals surface area contributed by atoms with Gasteiger partial charge in [0.15, 0.2) is 5.13 Å². The van der Waals surface area contributed by atoms with Crippen LogP contribution in [0.1, 0.15) is 30.7 Å². The Kier molecular flexibility index (Phi) is 5.72. The van der Waals surface area contributed by atoms with Gasteiger partial charge in [-0.15, -0.1) is 11.3 Å². The van der Waals surface area contributed by atoms with Crippen molar-refractivity contribution in [3.63, 3.8) is 0 Å². The van der Waals surface area contributed by atoms with E-state index in [-0.39, 0.29) is 17.5 Å². The predicted molar refractivity (Wildman–Crippen MR) is 94.7 cm³/mol. The van der Waals surface area contributed by atoms with Crippen molar-refractivity contribution in [2.45, 2.75) is 25.2 Å². The molecule has 132 valence electrons. The molecule has 1 aromatic carbocycles. The normalized spacial score (nSPS) is 16.3. The first kappa shape index (κ1) is 17.5. The number of nitrogens with one attached hydrogen (secondary N) is 1. The molecule has 1 atom stereocenters. The number of hydrogen-bond donors (Lipinski definition) is 1. The van der Waals surface area contributed by atoms with Gasteiger partial charge in [-0.05, 0) is 30.7 Å². The molecular formula is C17H19N3O4S. The van der Waals surface area contributed by atoms with Gasteiger partial charge in [0.05, 0.1) is 10.8 Å². The minimum absolute atomic E-state index is 0.0221. The summed E-state index contributed by atoms with van der Waals surface area (Å²) < 4.78 is 5.39. The van der Waals surface area contributed by atoms with Crippen LogP contribution >= 0.6 is 11.3 Å². The van der Waals surface area contributed by atoms with Gasteiger partial charge in [-0.1, -0.05) is 12.1 Å². The third-order valence-electron chi connectivity index (χ3n) is 4.40. The molecule has 0 bridgehead atoms. The minimum atomic E-state index is -0.438. The Balaban J connectivity index is 1.79. The topological polar surface area (TPSA) is 94.4 Å². The molecular weight excluding hydrogens is 342 g/mol. The third kappa shape index (κ3) is 4.61. The van der Waals surface area contributed by atoms with E-state index in [0.717, 1.165) is 18.4 Å². The Labute approximate surface area is 149 Å². The summed E-state index contributed by atoms with van der Waals surface area (Å²) >= 11 is 1.36. The molecule has 1 aliphatic heterocycles. The second-order valence-corrected chi connectivity index (χ2v) is 6.91. The Morgan fingerprint density at radius 3 is 2.68 bits per heavy atom. The lowest BCUT2D eigenvalue weighted by Crippen LogP contribution is -2.26. The predicted octanol–water partition coefficient (Wildman–Crippen LogP) is 3.59. The summed E-state index contributed by atoms with van der Waals surface area (Å²) in [5, 5.41) is 16.1. The summed E-state index contributed by atoms with van der Waals surface area (Å²) in [5.74, 6) is -0.0981. The van der Waals surface area contributed by atoms with Gasteiger partial charge in [-0.2, -0.15) is 0 Å². The van der Waals surface area contributed by atoms with E-state index in [1.54, 1.807) is 23.7 Å². The minimum Gasteiger partial charge on any atom is -0.381 e. The fourth-order valence-electron chi connectivity index (χ4n) is 3.02. The number of nitrogens with zero attached hydrogens (tertiary/aromatic N) is 2. The highest BCUT2D eigenvalue weighted by Gasteiger charge is 2.27. The molecule has 0 aliphatic carbocycles. The Hall–Kier alpha value is -2.32. The molecule has 7 nitrogen and oxygen atoms in total. The van der Waals surface area contributed by atoms with Crippen LogP contribution in [0.2, 0.25) is 0 Å². The first-order valence-corrected chi connectivity index (χ1v) is 9.04. The quantitative estimate of drug-likeness (QED) is 0.627. The molecule has 8 heteroatoms. The van der Waals surface area contributed by atoms with Crippen LogP contribution in [0.25, 0.3) is 0 Å². The van der Waals surface area contributed by atoms with Crippen molar-refractivity contribution in [1.29, 1.82) is 0 Å². The molecule has 3 rings (SSSR count). The largest absolute Gasteiger partial charge is 0.381 e. The van der Waals surface area contributed by atoms with Crippen LogP contribution in [-0.2, 0) is 9.53 Å². The van der Waals surface area contributed by atoms with Crippen LogP contribution < -0.4 is 5.32 Å². The second kappa shape index (κ2) is 8.17. The number of anilines is 1. The van der Waals surface area contributed by atoms with E-state index >= 15 is 0 Å². The lowest BCUT2D eigenvalue weighted by Gasteiger charge is -2.26. The zero-order valence-electron chi connectivity index (χ0n) is 13.6. The Bertz CT molecular complexity index is 712. The van der Waals surface area contributed by atoms with Gasteiger partial charge in [-0.25, -0.2) is 4.98 Å². The highest BCUT2D eigenvalue weighted by molar-refractivity contribution is 7.13. The van der Waals surface area contributed by atoms with Crippen molar-refractivity contribution >= 4 is 28.1 Å². The van der Waals surface area contributed by atoms with E-state index in [2.05, 4.69) is 10.3 Å². The van der Waals surface area contributed by atoms with Crippen LogP contribution in [-0.4, -0.2) is 29.0 Å². The highest BCUT2D eigenvalue weighted by atomic mass is 32.1. The van der Waals surface area contributed by atoms with Gasteiger partial charge < -0.3 is 10.1 Å². The average molecular weight is 361 g/mol.